The first-order valence-corrected chi connectivity index (χ1v) is 7.21. The Hall–Kier alpha value is -0.610. The average molecular weight is 256 g/mol. The lowest BCUT2D eigenvalue weighted by Gasteiger charge is -2.30. The SMILES string of the molecule is CC(C)CNC(=O)CNCC1CCCCC1CO. The van der Waals surface area contributed by atoms with Crippen LogP contribution in [0.2, 0.25) is 0 Å². The van der Waals surface area contributed by atoms with Crippen molar-refractivity contribution in [3.8, 4) is 0 Å². The summed E-state index contributed by atoms with van der Waals surface area (Å²) in [6, 6.07) is 0. The van der Waals surface area contributed by atoms with Crippen LogP contribution in [0.4, 0.5) is 0 Å². The molecule has 106 valence electrons. The molecule has 0 aromatic heterocycles. The van der Waals surface area contributed by atoms with Gasteiger partial charge in [0.1, 0.15) is 0 Å². The molecular formula is C14H28N2O2. The molecule has 0 heterocycles. The zero-order valence-corrected chi connectivity index (χ0v) is 11.7. The quantitative estimate of drug-likeness (QED) is 0.640. The third-order valence-electron chi connectivity index (χ3n) is 3.70. The molecule has 1 rings (SSSR count). The van der Waals surface area contributed by atoms with Crippen molar-refractivity contribution in [2.75, 3.05) is 26.2 Å². The minimum atomic E-state index is 0.0695. The summed E-state index contributed by atoms with van der Waals surface area (Å²) in [5, 5.41) is 15.4. The van der Waals surface area contributed by atoms with Gasteiger partial charge >= 0.3 is 0 Å². The first-order valence-electron chi connectivity index (χ1n) is 7.21. The number of nitrogens with one attached hydrogen (secondary N) is 2. The molecule has 0 aromatic carbocycles. The second kappa shape index (κ2) is 8.48. The predicted octanol–water partition coefficient (Wildman–Crippen LogP) is 1.15. The van der Waals surface area contributed by atoms with E-state index in [1.54, 1.807) is 0 Å². The summed E-state index contributed by atoms with van der Waals surface area (Å²) >= 11 is 0. The maximum atomic E-state index is 11.5. The second-order valence-corrected chi connectivity index (χ2v) is 5.82. The number of hydrogen-bond donors (Lipinski definition) is 3. The molecule has 3 N–H and O–H groups in total. The van der Waals surface area contributed by atoms with Gasteiger partial charge in [0.05, 0.1) is 6.54 Å². The average Bonchev–Trinajstić information content (AvgIpc) is 2.37. The van der Waals surface area contributed by atoms with E-state index in [1.807, 2.05) is 0 Å². The Morgan fingerprint density at radius 2 is 1.94 bits per heavy atom. The zero-order valence-electron chi connectivity index (χ0n) is 11.7. The normalized spacial score (nSPS) is 24.2. The minimum absolute atomic E-state index is 0.0695. The summed E-state index contributed by atoms with van der Waals surface area (Å²) in [6.07, 6.45) is 4.78. The highest BCUT2D eigenvalue weighted by molar-refractivity contribution is 5.77. The Balaban J connectivity index is 2.14. The van der Waals surface area contributed by atoms with Crippen LogP contribution in [0.15, 0.2) is 0 Å². The van der Waals surface area contributed by atoms with Crippen molar-refractivity contribution in [2.45, 2.75) is 39.5 Å². The van der Waals surface area contributed by atoms with Crippen LogP contribution in [0.25, 0.3) is 0 Å². The van der Waals surface area contributed by atoms with Gasteiger partial charge < -0.3 is 15.7 Å². The molecule has 0 aliphatic heterocycles. The number of carbonyl (C=O) groups excluding carboxylic acids is 1. The van der Waals surface area contributed by atoms with Gasteiger partial charge in [-0.05, 0) is 37.1 Å². The number of aliphatic hydroxyl groups is 1. The largest absolute Gasteiger partial charge is 0.396 e. The third kappa shape index (κ3) is 5.83. The second-order valence-electron chi connectivity index (χ2n) is 5.82. The monoisotopic (exact) mass is 256 g/mol. The molecule has 0 radical (unpaired) electrons. The summed E-state index contributed by atoms with van der Waals surface area (Å²) in [5.74, 6) is 1.51. The Morgan fingerprint density at radius 1 is 1.28 bits per heavy atom. The van der Waals surface area contributed by atoms with Gasteiger partial charge in [0.2, 0.25) is 5.91 Å². The highest BCUT2D eigenvalue weighted by Crippen LogP contribution is 2.28. The number of carbonyl (C=O) groups is 1. The molecule has 1 amide bonds. The Kier molecular flexibility index (Phi) is 7.28. The van der Waals surface area contributed by atoms with E-state index in [9.17, 15) is 9.90 Å². The molecule has 0 bridgehead atoms. The first-order chi connectivity index (χ1) is 8.63. The van der Waals surface area contributed by atoms with E-state index < -0.39 is 0 Å². The molecule has 0 spiro atoms. The van der Waals surface area contributed by atoms with Crippen LogP contribution in [-0.4, -0.2) is 37.3 Å². The van der Waals surface area contributed by atoms with Gasteiger partial charge in [-0.15, -0.1) is 0 Å². The van der Waals surface area contributed by atoms with Gasteiger partial charge in [-0.3, -0.25) is 4.79 Å². The minimum Gasteiger partial charge on any atom is -0.396 e. The number of hydrogen-bond acceptors (Lipinski definition) is 3. The van der Waals surface area contributed by atoms with Crippen molar-refractivity contribution in [2.24, 2.45) is 17.8 Å². The molecule has 4 heteroatoms. The van der Waals surface area contributed by atoms with Crippen LogP contribution in [0, 0.1) is 17.8 Å². The van der Waals surface area contributed by atoms with E-state index in [0.717, 1.165) is 19.5 Å². The lowest BCUT2D eigenvalue weighted by Crippen LogP contribution is -2.39. The zero-order chi connectivity index (χ0) is 13.4. The Labute approximate surface area is 111 Å². The van der Waals surface area contributed by atoms with Gasteiger partial charge in [-0.1, -0.05) is 26.7 Å². The van der Waals surface area contributed by atoms with E-state index in [4.69, 9.17) is 0 Å². The van der Waals surface area contributed by atoms with Crippen LogP contribution in [-0.2, 0) is 4.79 Å². The van der Waals surface area contributed by atoms with Gasteiger partial charge in [0, 0.05) is 13.2 Å². The third-order valence-corrected chi connectivity index (χ3v) is 3.70. The maximum Gasteiger partial charge on any atom is 0.233 e. The summed E-state index contributed by atoms with van der Waals surface area (Å²) in [7, 11) is 0. The summed E-state index contributed by atoms with van der Waals surface area (Å²) in [4.78, 5) is 11.5. The smallest absolute Gasteiger partial charge is 0.233 e. The van der Waals surface area contributed by atoms with Crippen molar-refractivity contribution in [3.63, 3.8) is 0 Å². The molecule has 1 fully saturated rings. The van der Waals surface area contributed by atoms with Crippen LogP contribution >= 0.6 is 0 Å². The molecule has 0 aromatic rings. The fourth-order valence-electron chi connectivity index (χ4n) is 2.55. The van der Waals surface area contributed by atoms with E-state index in [0.29, 0.717) is 24.3 Å². The van der Waals surface area contributed by atoms with E-state index in [2.05, 4.69) is 24.5 Å². The number of aliphatic hydroxyl groups excluding tert-OH is 1. The topological polar surface area (TPSA) is 61.4 Å². The first kappa shape index (κ1) is 15.4. The molecular weight excluding hydrogens is 228 g/mol. The van der Waals surface area contributed by atoms with Gasteiger partial charge in [0.25, 0.3) is 0 Å². The lowest BCUT2D eigenvalue weighted by atomic mass is 9.79. The van der Waals surface area contributed by atoms with Gasteiger partial charge in [-0.25, -0.2) is 0 Å². The van der Waals surface area contributed by atoms with E-state index >= 15 is 0 Å². The Morgan fingerprint density at radius 3 is 2.56 bits per heavy atom. The van der Waals surface area contributed by atoms with Crippen LogP contribution in [0.5, 0.6) is 0 Å². The lowest BCUT2D eigenvalue weighted by molar-refractivity contribution is -0.120. The highest BCUT2D eigenvalue weighted by atomic mass is 16.3. The molecule has 2 atom stereocenters. The van der Waals surface area contributed by atoms with Gasteiger partial charge in [-0.2, -0.15) is 0 Å². The fourth-order valence-corrected chi connectivity index (χ4v) is 2.55. The summed E-state index contributed by atoms with van der Waals surface area (Å²) < 4.78 is 0. The molecule has 1 aliphatic carbocycles. The predicted molar refractivity (Wildman–Crippen MR) is 73.3 cm³/mol. The van der Waals surface area contributed by atoms with Crippen molar-refractivity contribution >= 4 is 5.91 Å². The summed E-state index contributed by atoms with van der Waals surface area (Å²) in [5.41, 5.74) is 0. The van der Waals surface area contributed by atoms with Crippen LogP contribution < -0.4 is 10.6 Å². The fraction of sp³-hybridized carbons (Fsp3) is 0.929. The number of amides is 1. The molecule has 1 saturated carbocycles. The van der Waals surface area contributed by atoms with Crippen molar-refractivity contribution < 1.29 is 9.90 Å². The molecule has 18 heavy (non-hydrogen) atoms. The van der Waals surface area contributed by atoms with Crippen molar-refractivity contribution in [1.82, 2.24) is 10.6 Å². The van der Waals surface area contributed by atoms with Crippen molar-refractivity contribution in [3.05, 3.63) is 0 Å². The van der Waals surface area contributed by atoms with Gasteiger partial charge in [0.15, 0.2) is 0 Å². The van der Waals surface area contributed by atoms with E-state index in [-0.39, 0.29) is 12.5 Å². The molecule has 1 aliphatic rings. The van der Waals surface area contributed by atoms with Crippen LogP contribution in [0.3, 0.4) is 0 Å². The number of rotatable bonds is 7. The van der Waals surface area contributed by atoms with Crippen molar-refractivity contribution in [1.29, 1.82) is 0 Å². The maximum absolute atomic E-state index is 11.5. The highest BCUT2D eigenvalue weighted by Gasteiger charge is 2.23. The van der Waals surface area contributed by atoms with E-state index in [1.165, 1.54) is 19.3 Å². The Bertz CT molecular complexity index is 244. The van der Waals surface area contributed by atoms with Crippen LogP contribution in [0.1, 0.15) is 39.5 Å². The molecule has 0 saturated heterocycles. The standard InChI is InChI=1S/C14H28N2O2/c1-11(2)7-16-14(18)9-15-8-12-5-3-4-6-13(12)10-17/h11-13,15,17H,3-10H2,1-2H3,(H,16,18). The molecule has 4 nitrogen and oxygen atoms in total. The molecule has 2 unspecified atom stereocenters. The summed E-state index contributed by atoms with van der Waals surface area (Å²) in [6.45, 7) is 6.43.